The van der Waals surface area contributed by atoms with E-state index in [-0.39, 0.29) is 5.91 Å². The number of nitrogens with one attached hydrogen (secondary N) is 2. The van der Waals surface area contributed by atoms with Crippen LogP contribution in [-0.2, 0) is 4.79 Å². The average Bonchev–Trinajstić information content (AvgIpc) is 3.06. The van der Waals surface area contributed by atoms with Gasteiger partial charge in [-0.15, -0.1) is 0 Å². The van der Waals surface area contributed by atoms with Crippen molar-refractivity contribution in [3.05, 3.63) is 89.2 Å². The van der Waals surface area contributed by atoms with Crippen molar-refractivity contribution in [1.29, 1.82) is 0 Å². The maximum Gasteiger partial charge on any atom is 0.322 e. The maximum atomic E-state index is 12.0. The first-order valence-electron chi connectivity index (χ1n) is 9.00. The first-order chi connectivity index (χ1) is 14.1. The number of hydrogen-bond acceptors (Lipinski definition) is 4. The molecule has 1 fully saturated rings. The molecule has 3 aromatic rings. The minimum absolute atomic E-state index is 0.369. The van der Waals surface area contributed by atoms with Gasteiger partial charge in [0.15, 0.2) is 0 Å². The van der Waals surface area contributed by atoms with Crippen molar-refractivity contribution in [3.63, 3.8) is 0 Å². The van der Waals surface area contributed by atoms with Crippen LogP contribution in [0.1, 0.15) is 28.3 Å². The van der Waals surface area contributed by atoms with Crippen LogP contribution in [0.3, 0.4) is 0 Å². The van der Waals surface area contributed by atoms with Gasteiger partial charge >= 0.3 is 6.03 Å². The lowest BCUT2D eigenvalue weighted by atomic mass is 10.1. The number of amides is 3. The summed E-state index contributed by atoms with van der Waals surface area (Å²) in [5.41, 5.74) is 3.77. The molecule has 1 saturated heterocycles. The van der Waals surface area contributed by atoms with Crippen LogP contribution in [0.2, 0.25) is 0 Å². The largest absolute Gasteiger partial charge is 0.322 e. The topological polar surface area (TPSA) is 71.1 Å². The van der Waals surface area contributed by atoms with Crippen molar-refractivity contribution >= 4 is 23.7 Å². The third-order valence-electron chi connectivity index (χ3n) is 4.35. The Kier molecular flexibility index (Phi) is 5.32. The number of aromatic nitrogens is 1. The number of aryl methyl sites for hydroxylation is 1. The summed E-state index contributed by atoms with van der Waals surface area (Å²) in [6, 6.07) is 16.6. The zero-order chi connectivity index (χ0) is 20.2. The number of nitrogens with zero attached hydrogens (tertiary/aromatic N) is 1. The molecule has 6 heteroatoms. The van der Waals surface area contributed by atoms with Gasteiger partial charge < -0.3 is 5.32 Å². The molecule has 4 rings (SSSR count). The maximum absolute atomic E-state index is 12.0. The molecule has 0 radical (unpaired) electrons. The normalized spacial score (nSPS) is 15.3. The predicted octanol–water partition coefficient (Wildman–Crippen LogP) is 3.82. The highest BCUT2D eigenvalue weighted by Gasteiger charge is 2.32. The molecule has 2 aromatic carbocycles. The summed E-state index contributed by atoms with van der Waals surface area (Å²) in [5.74, 6) is 5.98. The predicted molar refractivity (Wildman–Crippen MR) is 111 cm³/mol. The van der Waals surface area contributed by atoms with Crippen molar-refractivity contribution < 1.29 is 9.59 Å². The van der Waals surface area contributed by atoms with Crippen LogP contribution < -0.4 is 10.6 Å². The third kappa shape index (κ3) is 4.48. The smallest absolute Gasteiger partial charge is 0.322 e. The number of carbonyl (C=O) groups is 2. The molecule has 5 nitrogen and oxygen atoms in total. The molecule has 2 N–H and O–H groups in total. The number of urea groups is 1. The number of rotatable bonds is 3. The molecule has 0 bridgehead atoms. The minimum atomic E-state index is -0.724. The van der Waals surface area contributed by atoms with Gasteiger partial charge in [0.2, 0.25) is 0 Å². The van der Waals surface area contributed by atoms with Crippen LogP contribution in [0.25, 0.3) is 0 Å². The molecule has 1 aliphatic heterocycles. The molecule has 0 saturated carbocycles. The highest BCUT2D eigenvalue weighted by molar-refractivity contribution is 7.99. The Morgan fingerprint density at radius 1 is 1.00 bits per heavy atom. The monoisotopic (exact) mass is 399 g/mol. The Morgan fingerprint density at radius 2 is 1.79 bits per heavy atom. The number of pyridine rings is 1. The third-order valence-corrected chi connectivity index (χ3v) is 5.45. The molecule has 3 amide bonds. The number of hydrogen-bond donors (Lipinski definition) is 2. The standard InChI is InChI=1S/C23H17N3O2S/c1-15-3-2-4-17(13-15)6-5-16-7-9-18(10-8-16)29-20-11-12-24-14-19(20)21-22(27)26-23(28)25-21/h2-4,7-14,21H,1H3,(H2,25,26,27,28). The summed E-state index contributed by atoms with van der Waals surface area (Å²) in [7, 11) is 0. The van der Waals surface area contributed by atoms with E-state index in [2.05, 4.69) is 33.5 Å². The van der Waals surface area contributed by atoms with E-state index in [0.717, 1.165) is 20.9 Å². The van der Waals surface area contributed by atoms with Crippen LogP contribution in [-0.4, -0.2) is 16.9 Å². The van der Waals surface area contributed by atoms with E-state index in [4.69, 9.17) is 0 Å². The first-order valence-corrected chi connectivity index (χ1v) is 9.82. The summed E-state index contributed by atoms with van der Waals surface area (Å²) in [5, 5.41) is 4.87. The Morgan fingerprint density at radius 3 is 2.52 bits per heavy atom. The van der Waals surface area contributed by atoms with Crippen LogP contribution in [0, 0.1) is 18.8 Å². The number of imide groups is 1. The van der Waals surface area contributed by atoms with E-state index in [1.54, 1.807) is 12.4 Å². The van der Waals surface area contributed by atoms with Crippen molar-refractivity contribution in [3.8, 4) is 11.8 Å². The lowest BCUT2D eigenvalue weighted by Gasteiger charge is -2.12. The summed E-state index contributed by atoms with van der Waals surface area (Å²) < 4.78 is 0. The lowest BCUT2D eigenvalue weighted by molar-refractivity contribution is -0.120. The van der Waals surface area contributed by atoms with Gasteiger partial charge in [0.1, 0.15) is 6.04 Å². The fourth-order valence-corrected chi connectivity index (χ4v) is 3.88. The lowest BCUT2D eigenvalue weighted by Crippen LogP contribution is -2.22. The molecule has 1 unspecified atom stereocenters. The van der Waals surface area contributed by atoms with Crippen molar-refractivity contribution in [2.75, 3.05) is 0 Å². The number of benzene rings is 2. The zero-order valence-electron chi connectivity index (χ0n) is 15.6. The molecule has 2 heterocycles. The van der Waals surface area contributed by atoms with Crippen molar-refractivity contribution in [2.45, 2.75) is 22.8 Å². The highest BCUT2D eigenvalue weighted by Crippen LogP contribution is 2.33. The van der Waals surface area contributed by atoms with Gasteiger partial charge in [0.25, 0.3) is 5.91 Å². The minimum Gasteiger partial charge on any atom is -0.322 e. The van der Waals surface area contributed by atoms with E-state index in [1.165, 1.54) is 17.3 Å². The van der Waals surface area contributed by atoms with Crippen LogP contribution in [0.5, 0.6) is 0 Å². The number of carbonyl (C=O) groups excluding carboxylic acids is 2. The second-order valence-corrected chi connectivity index (χ2v) is 7.67. The highest BCUT2D eigenvalue weighted by atomic mass is 32.2. The Balaban J connectivity index is 1.52. The quantitative estimate of drug-likeness (QED) is 0.519. The molecule has 142 valence electrons. The summed E-state index contributed by atoms with van der Waals surface area (Å²) >= 11 is 1.51. The summed E-state index contributed by atoms with van der Waals surface area (Å²) in [4.78, 5) is 29.4. The van der Waals surface area contributed by atoms with Crippen LogP contribution in [0.15, 0.2) is 76.8 Å². The average molecular weight is 399 g/mol. The molecular formula is C23H17N3O2S. The molecular weight excluding hydrogens is 382 g/mol. The SMILES string of the molecule is Cc1cccc(C#Cc2ccc(Sc3ccncc3C3NC(=O)NC3=O)cc2)c1. The Labute approximate surface area is 172 Å². The van der Waals surface area contributed by atoms with Gasteiger partial charge in [0, 0.05) is 38.9 Å². The summed E-state index contributed by atoms with van der Waals surface area (Å²) in [6.07, 6.45) is 3.28. The van der Waals surface area contributed by atoms with Gasteiger partial charge in [-0.1, -0.05) is 35.7 Å². The van der Waals surface area contributed by atoms with Gasteiger partial charge in [-0.2, -0.15) is 0 Å². The van der Waals surface area contributed by atoms with Gasteiger partial charge in [-0.05, 0) is 55.0 Å². The molecule has 1 atom stereocenters. The van der Waals surface area contributed by atoms with Crippen LogP contribution in [0.4, 0.5) is 4.79 Å². The molecule has 0 aliphatic carbocycles. The van der Waals surface area contributed by atoms with Gasteiger partial charge in [0.05, 0.1) is 0 Å². The Hall–Kier alpha value is -3.56. The van der Waals surface area contributed by atoms with Gasteiger partial charge in [-0.25, -0.2) is 4.79 Å². The summed E-state index contributed by atoms with van der Waals surface area (Å²) in [6.45, 7) is 2.05. The van der Waals surface area contributed by atoms with E-state index in [9.17, 15) is 9.59 Å². The van der Waals surface area contributed by atoms with E-state index in [1.807, 2.05) is 55.5 Å². The second-order valence-electron chi connectivity index (χ2n) is 6.56. The molecule has 29 heavy (non-hydrogen) atoms. The fraction of sp³-hybridized carbons (Fsp3) is 0.0870. The fourth-order valence-electron chi connectivity index (χ4n) is 2.94. The van der Waals surface area contributed by atoms with Gasteiger partial charge in [-0.3, -0.25) is 15.1 Å². The van der Waals surface area contributed by atoms with E-state index < -0.39 is 12.1 Å². The van der Waals surface area contributed by atoms with E-state index >= 15 is 0 Å². The van der Waals surface area contributed by atoms with E-state index in [0.29, 0.717) is 5.56 Å². The Bertz CT molecular complexity index is 1150. The van der Waals surface area contributed by atoms with Crippen LogP contribution >= 0.6 is 11.8 Å². The second kappa shape index (κ2) is 8.21. The molecule has 1 aromatic heterocycles. The molecule has 0 spiro atoms. The first kappa shape index (κ1) is 18.8. The van der Waals surface area contributed by atoms with Crippen molar-refractivity contribution in [2.24, 2.45) is 0 Å². The molecule has 1 aliphatic rings. The van der Waals surface area contributed by atoms with Crippen molar-refractivity contribution in [1.82, 2.24) is 15.6 Å². The zero-order valence-corrected chi connectivity index (χ0v) is 16.4.